The van der Waals surface area contributed by atoms with Crippen LogP contribution in [0.2, 0.25) is 0 Å². The molecular formula is C18H23N3O5. The minimum atomic E-state index is -1.01. The summed E-state index contributed by atoms with van der Waals surface area (Å²) in [7, 11) is 3.21. The molecule has 0 spiro atoms. The molecular weight excluding hydrogens is 338 g/mol. The monoisotopic (exact) mass is 361 g/mol. The summed E-state index contributed by atoms with van der Waals surface area (Å²) in [4.78, 5) is 26.3. The number of hydrazone groups is 1. The zero-order valence-corrected chi connectivity index (χ0v) is 14.9. The van der Waals surface area contributed by atoms with E-state index in [9.17, 15) is 14.7 Å². The van der Waals surface area contributed by atoms with E-state index in [4.69, 9.17) is 9.47 Å². The number of amides is 1. The molecule has 3 rings (SSSR count). The number of aliphatic carboxylic acids is 1. The minimum Gasteiger partial charge on any atom is -0.480 e. The van der Waals surface area contributed by atoms with E-state index < -0.39 is 12.0 Å². The molecule has 1 fully saturated rings. The molecule has 1 amide bonds. The molecule has 0 saturated carbocycles. The number of likely N-dealkylation sites (tertiary alicyclic amines) is 1. The molecule has 140 valence electrons. The van der Waals surface area contributed by atoms with Crippen molar-refractivity contribution < 1.29 is 24.2 Å². The first-order chi connectivity index (χ1) is 12.5. The first kappa shape index (κ1) is 18.3. The molecule has 8 heteroatoms. The maximum Gasteiger partial charge on any atom is 0.328 e. The maximum atomic E-state index is 13.0. The molecule has 3 atom stereocenters. The van der Waals surface area contributed by atoms with Gasteiger partial charge in [-0.3, -0.25) is 9.80 Å². The number of carbonyl (C=O) groups excluding carboxylic acids is 1. The summed E-state index contributed by atoms with van der Waals surface area (Å²) in [6, 6.07) is 8.01. The number of carboxylic acids is 1. The van der Waals surface area contributed by atoms with Gasteiger partial charge in [-0.1, -0.05) is 18.2 Å². The van der Waals surface area contributed by atoms with Crippen LogP contribution in [-0.4, -0.2) is 73.2 Å². The number of nitrogens with zero attached hydrogens (tertiary/aromatic N) is 3. The molecule has 1 N–H and O–H groups in total. The molecule has 0 radical (unpaired) electrons. The molecule has 1 aromatic carbocycles. The third kappa shape index (κ3) is 3.56. The first-order valence-corrected chi connectivity index (χ1v) is 8.52. The summed E-state index contributed by atoms with van der Waals surface area (Å²) in [5.74, 6) is -1.26. The van der Waals surface area contributed by atoms with Crippen LogP contribution in [0.15, 0.2) is 35.4 Å². The summed E-state index contributed by atoms with van der Waals surface area (Å²) in [5.41, 5.74) is 0.895. The minimum absolute atomic E-state index is 0.0541. The average Bonchev–Trinajstić information content (AvgIpc) is 3.27. The zero-order chi connectivity index (χ0) is 18.7. The van der Waals surface area contributed by atoms with E-state index in [1.54, 1.807) is 31.3 Å². The largest absolute Gasteiger partial charge is 0.480 e. The molecule has 26 heavy (non-hydrogen) atoms. The zero-order valence-electron chi connectivity index (χ0n) is 14.9. The van der Waals surface area contributed by atoms with E-state index in [2.05, 4.69) is 5.10 Å². The van der Waals surface area contributed by atoms with Crippen molar-refractivity contribution in [2.75, 3.05) is 32.4 Å². The van der Waals surface area contributed by atoms with Crippen LogP contribution < -0.4 is 5.01 Å². The van der Waals surface area contributed by atoms with E-state index in [1.165, 1.54) is 5.01 Å². The van der Waals surface area contributed by atoms with Gasteiger partial charge in [-0.15, -0.1) is 0 Å². The summed E-state index contributed by atoms with van der Waals surface area (Å²) in [6.45, 7) is 0.856. The molecule has 1 saturated heterocycles. The van der Waals surface area contributed by atoms with Crippen LogP contribution >= 0.6 is 0 Å². The fraction of sp³-hybridized carbons (Fsp3) is 0.500. The van der Waals surface area contributed by atoms with Crippen molar-refractivity contribution in [2.45, 2.75) is 31.0 Å². The second kappa shape index (κ2) is 7.84. The SMILES string of the molecule is COC[C@@H]1C[C@H](OC)CN1C(=O)C1=NN(c2ccccc2)C(C(=O)O)C1. The van der Waals surface area contributed by atoms with Gasteiger partial charge >= 0.3 is 5.97 Å². The second-order valence-corrected chi connectivity index (χ2v) is 6.45. The quantitative estimate of drug-likeness (QED) is 0.812. The molecule has 0 bridgehead atoms. The Hall–Kier alpha value is -2.45. The predicted octanol–water partition coefficient (Wildman–Crippen LogP) is 0.968. The Morgan fingerprint density at radius 3 is 2.62 bits per heavy atom. The van der Waals surface area contributed by atoms with Crippen molar-refractivity contribution in [3.8, 4) is 0 Å². The van der Waals surface area contributed by atoms with Crippen molar-refractivity contribution in [1.29, 1.82) is 0 Å². The highest BCUT2D eigenvalue weighted by Crippen LogP contribution is 2.27. The van der Waals surface area contributed by atoms with Crippen LogP contribution in [0.25, 0.3) is 0 Å². The molecule has 8 nitrogen and oxygen atoms in total. The number of ether oxygens (including phenoxy) is 2. The number of hydrogen-bond donors (Lipinski definition) is 1. The number of anilines is 1. The van der Waals surface area contributed by atoms with E-state index in [-0.39, 0.29) is 30.2 Å². The molecule has 1 unspecified atom stereocenters. The van der Waals surface area contributed by atoms with Crippen molar-refractivity contribution in [2.24, 2.45) is 5.10 Å². The number of hydrogen-bond acceptors (Lipinski definition) is 6. The standard InChI is InChI=1S/C18H23N3O5/c1-25-11-13-8-14(26-2)10-20(13)17(22)15-9-16(18(23)24)21(19-15)12-6-4-3-5-7-12/h3-7,13-14,16H,8-11H2,1-2H3,(H,23,24)/t13-,14-,16?/m0/s1. The maximum absolute atomic E-state index is 13.0. The molecule has 0 aromatic heterocycles. The highest BCUT2D eigenvalue weighted by molar-refractivity contribution is 6.40. The third-order valence-corrected chi connectivity index (χ3v) is 4.79. The Labute approximate surface area is 152 Å². The van der Waals surface area contributed by atoms with Crippen LogP contribution in [0.3, 0.4) is 0 Å². The number of methoxy groups -OCH3 is 2. The average molecular weight is 361 g/mol. The molecule has 2 aliphatic rings. The van der Waals surface area contributed by atoms with Crippen molar-refractivity contribution in [3.05, 3.63) is 30.3 Å². The molecule has 0 aliphatic carbocycles. The Morgan fingerprint density at radius 1 is 1.27 bits per heavy atom. The van der Waals surface area contributed by atoms with Gasteiger partial charge in [0, 0.05) is 27.2 Å². The van der Waals surface area contributed by atoms with Crippen LogP contribution in [0, 0.1) is 0 Å². The van der Waals surface area contributed by atoms with E-state index >= 15 is 0 Å². The van der Waals surface area contributed by atoms with Gasteiger partial charge in [-0.05, 0) is 18.6 Å². The van der Waals surface area contributed by atoms with Gasteiger partial charge in [0.15, 0.2) is 6.04 Å². The highest BCUT2D eigenvalue weighted by atomic mass is 16.5. The van der Waals surface area contributed by atoms with Gasteiger partial charge in [0.05, 0.1) is 24.4 Å². The molecule has 2 aliphatic heterocycles. The number of carbonyl (C=O) groups is 2. The van der Waals surface area contributed by atoms with Crippen LogP contribution in [-0.2, 0) is 19.1 Å². The van der Waals surface area contributed by atoms with Gasteiger partial charge in [-0.25, -0.2) is 4.79 Å². The normalized spacial score (nSPS) is 25.5. The summed E-state index contributed by atoms with van der Waals surface area (Å²) in [6.07, 6.45) is 0.701. The molecule has 1 aromatic rings. The number of benzene rings is 1. The second-order valence-electron chi connectivity index (χ2n) is 6.45. The van der Waals surface area contributed by atoms with Crippen LogP contribution in [0.1, 0.15) is 12.8 Å². The van der Waals surface area contributed by atoms with Crippen molar-refractivity contribution >= 4 is 23.3 Å². The van der Waals surface area contributed by atoms with Crippen LogP contribution in [0.4, 0.5) is 5.69 Å². The third-order valence-electron chi connectivity index (χ3n) is 4.79. The first-order valence-electron chi connectivity index (χ1n) is 8.52. The van der Waals surface area contributed by atoms with Crippen molar-refractivity contribution in [1.82, 2.24) is 4.90 Å². The lowest BCUT2D eigenvalue weighted by Gasteiger charge is -2.23. The van der Waals surface area contributed by atoms with Gasteiger partial charge in [0.2, 0.25) is 0 Å². The lowest BCUT2D eigenvalue weighted by Crippen LogP contribution is -2.42. The van der Waals surface area contributed by atoms with Crippen molar-refractivity contribution in [3.63, 3.8) is 0 Å². The topological polar surface area (TPSA) is 91.7 Å². The number of para-hydroxylation sites is 1. The lowest BCUT2D eigenvalue weighted by molar-refractivity contribution is -0.138. The smallest absolute Gasteiger partial charge is 0.328 e. The Morgan fingerprint density at radius 2 is 2.00 bits per heavy atom. The highest BCUT2D eigenvalue weighted by Gasteiger charge is 2.42. The summed E-state index contributed by atoms with van der Waals surface area (Å²) >= 11 is 0. The fourth-order valence-corrected chi connectivity index (χ4v) is 3.46. The predicted molar refractivity (Wildman–Crippen MR) is 95.2 cm³/mol. The molecule has 2 heterocycles. The lowest BCUT2D eigenvalue weighted by atomic mass is 10.1. The summed E-state index contributed by atoms with van der Waals surface area (Å²) in [5, 5.41) is 15.3. The number of rotatable bonds is 6. The van der Waals surface area contributed by atoms with Crippen LogP contribution in [0.5, 0.6) is 0 Å². The number of carboxylic acid groups (broad SMARTS) is 1. The Bertz CT molecular complexity index is 693. The van der Waals surface area contributed by atoms with Gasteiger partial charge in [0.25, 0.3) is 5.91 Å². The fourth-order valence-electron chi connectivity index (χ4n) is 3.46. The van der Waals surface area contributed by atoms with E-state index in [0.717, 1.165) is 0 Å². The van der Waals surface area contributed by atoms with E-state index in [1.807, 2.05) is 18.2 Å². The summed E-state index contributed by atoms with van der Waals surface area (Å²) < 4.78 is 10.6. The van der Waals surface area contributed by atoms with E-state index in [0.29, 0.717) is 25.3 Å². The van der Waals surface area contributed by atoms with Gasteiger partial charge in [0.1, 0.15) is 5.71 Å². The Kier molecular flexibility index (Phi) is 5.53. The Balaban J connectivity index is 1.83. The van der Waals surface area contributed by atoms with Gasteiger partial charge in [-0.2, -0.15) is 5.10 Å². The van der Waals surface area contributed by atoms with Gasteiger partial charge < -0.3 is 19.5 Å².